The first kappa shape index (κ1) is 57.1. The van der Waals surface area contributed by atoms with Crippen molar-refractivity contribution in [3.05, 3.63) is 34.2 Å². The van der Waals surface area contributed by atoms with Crippen molar-refractivity contribution in [1.29, 1.82) is 5.26 Å². The number of hydrogen-bond donors (Lipinski definition) is 4. The molecule has 0 aliphatic rings. The Labute approximate surface area is 393 Å². The summed E-state index contributed by atoms with van der Waals surface area (Å²) in [5.41, 5.74) is 6.27. The third kappa shape index (κ3) is 17.3. The predicted octanol–water partition coefficient (Wildman–Crippen LogP) is 5.68. The van der Waals surface area contributed by atoms with E-state index in [1.54, 1.807) is 59.7 Å². The number of esters is 1. The van der Waals surface area contributed by atoms with Crippen LogP contribution in [-0.4, -0.2) is 131 Å². The second kappa shape index (κ2) is 25.8. The van der Waals surface area contributed by atoms with Crippen LogP contribution in [0.2, 0.25) is 5.02 Å². The van der Waals surface area contributed by atoms with Gasteiger partial charge in [0.2, 0.25) is 29.5 Å². The van der Waals surface area contributed by atoms with Gasteiger partial charge in [-0.05, 0) is 91.3 Å². The molecule has 0 bridgehead atoms. The molecule has 2 aromatic rings. The first-order valence-corrected chi connectivity index (χ1v) is 23.0. The Morgan fingerprint density at radius 2 is 1.35 bits per heavy atom. The second-order valence-electron chi connectivity index (χ2n) is 17.9. The van der Waals surface area contributed by atoms with E-state index >= 15 is 0 Å². The molecule has 0 fully saturated rings. The summed E-state index contributed by atoms with van der Waals surface area (Å²) in [6, 6.07) is -1.37. The highest BCUT2D eigenvalue weighted by atomic mass is 35.5. The summed E-state index contributed by atoms with van der Waals surface area (Å²) in [7, 11) is 3.84. The lowest BCUT2D eigenvalue weighted by molar-refractivity contribution is -0.169. The Morgan fingerprint density at radius 1 is 0.833 bits per heavy atom. The number of ether oxygens (including phenoxy) is 1. The Balaban J connectivity index is 2.59. The van der Waals surface area contributed by atoms with Crippen LogP contribution >= 0.6 is 22.9 Å². The zero-order valence-corrected chi connectivity index (χ0v) is 40.8. The van der Waals surface area contributed by atoms with Gasteiger partial charge >= 0.3 is 18.1 Å². The second-order valence-corrected chi connectivity index (χ2v) is 19.3. The number of thiophene rings is 1. The molecule has 21 heteroatoms. The number of likely N-dealkylation sites (N-methyl/N-ethyl adjacent to an activating group) is 3. The fraction of sp³-hybridized carbons (Fsp3) is 0.644. The number of carboxylic acid groups (broad SMARTS) is 1. The first-order chi connectivity index (χ1) is 30.6. The maximum absolute atomic E-state index is 14.7. The number of rotatable bonds is 25. The summed E-state index contributed by atoms with van der Waals surface area (Å²) in [5, 5.41) is 26.9. The Kier molecular flexibility index (Phi) is 22.3. The summed E-state index contributed by atoms with van der Waals surface area (Å²) in [6.45, 7) is 12.0. The largest absolute Gasteiger partial charge is 0.479 e. The molecule has 1 unspecified atom stereocenters. The SMILES string of the molecule is CC(C)C[C@H](NC(=O)[C@H](CC(C)C)N(C)C(=O)[C@@H](N)CC(F)(F)F)C(=O)N(C)C(Cc1csc2ccc(Cl)cc12)C(=O)N[C@@H](CC(C)C)C(=O)N(C)[C@@H](C)C(=O)O[C@H](CCCC#N)C(=O)O. The van der Waals surface area contributed by atoms with Crippen molar-refractivity contribution in [3.8, 4) is 6.07 Å². The monoisotopic (exact) mass is 971 g/mol. The van der Waals surface area contributed by atoms with Crippen LogP contribution < -0.4 is 16.4 Å². The molecule has 1 aromatic heterocycles. The van der Waals surface area contributed by atoms with Gasteiger partial charge in [-0.3, -0.25) is 24.0 Å². The number of benzene rings is 1. The minimum absolute atomic E-state index is 0.0165. The Bertz CT molecular complexity index is 2060. The van der Waals surface area contributed by atoms with Crippen molar-refractivity contribution in [2.24, 2.45) is 23.5 Å². The van der Waals surface area contributed by atoms with Gasteiger partial charge in [0, 0.05) is 43.7 Å². The van der Waals surface area contributed by atoms with Crippen LogP contribution in [0, 0.1) is 29.1 Å². The number of carboxylic acids is 1. The van der Waals surface area contributed by atoms with Crippen molar-refractivity contribution in [1.82, 2.24) is 25.3 Å². The van der Waals surface area contributed by atoms with E-state index in [0.717, 1.165) is 19.4 Å². The number of aliphatic carboxylic acids is 1. The van der Waals surface area contributed by atoms with Crippen molar-refractivity contribution in [3.63, 3.8) is 0 Å². The summed E-state index contributed by atoms with van der Waals surface area (Å²) in [4.78, 5) is 98.8. The van der Waals surface area contributed by atoms with Crippen LogP contribution in [0.3, 0.4) is 0 Å². The maximum Gasteiger partial charge on any atom is 0.391 e. The maximum atomic E-state index is 14.7. The van der Waals surface area contributed by atoms with E-state index in [-0.39, 0.29) is 62.7 Å². The van der Waals surface area contributed by atoms with Gasteiger partial charge in [-0.25, -0.2) is 9.59 Å². The lowest BCUT2D eigenvalue weighted by Gasteiger charge is -2.35. The summed E-state index contributed by atoms with van der Waals surface area (Å²) in [6.07, 6.45) is -7.78. The van der Waals surface area contributed by atoms with Gasteiger partial charge in [0.25, 0.3) is 0 Å². The molecule has 5 amide bonds. The van der Waals surface area contributed by atoms with E-state index in [9.17, 15) is 51.8 Å². The molecule has 66 heavy (non-hydrogen) atoms. The average molecular weight is 973 g/mol. The molecular formula is C45H65ClF3N7O9S. The fourth-order valence-corrected chi connectivity index (χ4v) is 8.35. The van der Waals surface area contributed by atoms with Crippen molar-refractivity contribution in [2.45, 2.75) is 148 Å². The van der Waals surface area contributed by atoms with Gasteiger partial charge in [0.1, 0.15) is 30.2 Å². The normalized spacial score (nSPS) is 14.9. The van der Waals surface area contributed by atoms with E-state index in [2.05, 4.69) is 10.6 Å². The van der Waals surface area contributed by atoms with Crippen LogP contribution in [0.25, 0.3) is 10.1 Å². The lowest BCUT2D eigenvalue weighted by atomic mass is 9.97. The average Bonchev–Trinajstić information content (AvgIpc) is 3.61. The van der Waals surface area contributed by atoms with Crippen LogP contribution in [0.15, 0.2) is 23.6 Å². The number of fused-ring (bicyclic) bond motifs is 1. The molecule has 0 radical (unpaired) electrons. The number of carbonyl (C=O) groups excluding carboxylic acids is 6. The molecule has 7 atom stereocenters. The van der Waals surface area contributed by atoms with Crippen LogP contribution in [0.5, 0.6) is 0 Å². The number of carbonyl (C=O) groups is 7. The summed E-state index contributed by atoms with van der Waals surface area (Å²) >= 11 is 7.74. The standard InChI is InChI=1S/C45H65ClF3N7O9S/c1-24(2)17-32(41(60)54(8)27(7)44(64)65-36(43(62)63)13-11-12-16-50)52-39(58)35(20-28-23-66-37-15-14-29(46)21-30(28)37)56(10)42(61)33(18-25(3)4)53-38(57)34(19-26(5)6)55(9)40(59)31(51)22-45(47,48)49/h14-15,21,23-27,31-36H,11-13,17-20,22,51H2,1-10H3,(H,52,58)(H,53,57)(H,62,63)/t27-,31-,32-,33-,34-,35?,36+/m0/s1. The highest BCUT2D eigenvalue weighted by Gasteiger charge is 2.40. The summed E-state index contributed by atoms with van der Waals surface area (Å²) in [5.74, 6) is -7.21. The van der Waals surface area contributed by atoms with Crippen molar-refractivity contribution in [2.75, 3.05) is 21.1 Å². The quantitative estimate of drug-likeness (QED) is 0.0699. The number of amides is 5. The minimum atomic E-state index is -4.74. The number of alkyl halides is 3. The van der Waals surface area contributed by atoms with Gasteiger partial charge in [-0.15, -0.1) is 11.3 Å². The van der Waals surface area contributed by atoms with E-state index in [4.69, 9.17) is 27.3 Å². The number of nitrogens with zero attached hydrogens (tertiary/aromatic N) is 4. The minimum Gasteiger partial charge on any atom is -0.479 e. The third-order valence-electron chi connectivity index (χ3n) is 10.9. The molecule has 2 rings (SSSR count). The van der Waals surface area contributed by atoms with E-state index in [1.807, 2.05) is 11.4 Å². The molecule has 16 nitrogen and oxygen atoms in total. The fourth-order valence-electron chi connectivity index (χ4n) is 7.22. The van der Waals surface area contributed by atoms with E-state index in [0.29, 0.717) is 16.0 Å². The molecule has 1 heterocycles. The smallest absolute Gasteiger partial charge is 0.391 e. The van der Waals surface area contributed by atoms with Crippen molar-refractivity contribution >= 4 is 74.5 Å². The number of nitriles is 1. The molecule has 0 spiro atoms. The van der Waals surface area contributed by atoms with Gasteiger partial charge in [-0.2, -0.15) is 18.4 Å². The predicted molar refractivity (Wildman–Crippen MR) is 244 cm³/mol. The molecule has 1 aromatic carbocycles. The Hall–Kier alpha value is -5.00. The lowest BCUT2D eigenvalue weighted by Crippen LogP contribution is -2.60. The molecule has 0 saturated carbocycles. The van der Waals surface area contributed by atoms with E-state index in [1.165, 1.54) is 39.4 Å². The van der Waals surface area contributed by atoms with Gasteiger partial charge in [0.15, 0.2) is 6.10 Å². The molecule has 5 N–H and O–H groups in total. The van der Waals surface area contributed by atoms with Gasteiger partial charge < -0.3 is 40.9 Å². The molecular weight excluding hydrogens is 907 g/mol. The van der Waals surface area contributed by atoms with Crippen LogP contribution in [0.4, 0.5) is 13.2 Å². The number of unbranched alkanes of at least 4 members (excludes halogenated alkanes) is 1. The molecule has 0 aliphatic heterocycles. The molecule has 0 aliphatic carbocycles. The number of nitrogens with one attached hydrogen (secondary N) is 2. The zero-order chi connectivity index (χ0) is 50.4. The van der Waals surface area contributed by atoms with E-state index < -0.39 is 96.4 Å². The Morgan fingerprint density at radius 3 is 1.85 bits per heavy atom. The number of halogens is 4. The molecule has 0 saturated heterocycles. The third-order valence-corrected chi connectivity index (χ3v) is 12.2. The number of nitrogens with two attached hydrogens (primary N) is 1. The molecule has 368 valence electrons. The topological polar surface area (TPSA) is 233 Å². The van der Waals surface area contributed by atoms with Gasteiger partial charge in [0.05, 0.1) is 18.5 Å². The zero-order valence-electron chi connectivity index (χ0n) is 39.2. The van der Waals surface area contributed by atoms with Gasteiger partial charge in [-0.1, -0.05) is 53.1 Å². The highest BCUT2D eigenvalue weighted by molar-refractivity contribution is 7.17. The van der Waals surface area contributed by atoms with Crippen LogP contribution in [0.1, 0.15) is 99.0 Å². The highest BCUT2D eigenvalue weighted by Crippen LogP contribution is 2.31. The van der Waals surface area contributed by atoms with Crippen LogP contribution in [-0.2, 0) is 44.7 Å². The first-order valence-electron chi connectivity index (χ1n) is 21.8. The number of hydrogen-bond acceptors (Lipinski definition) is 11. The summed E-state index contributed by atoms with van der Waals surface area (Å²) < 4.78 is 45.6. The van der Waals surface area contributed by atoms with Crippen molar-refractivity contribution < 1.29 is 56.6 Å².